The zero-order valence-electron chi connectivity index (χ0n) is 16.4. The van der Waals surface area contributed by atoms with E-state index < -0.39 is 0 Å². The van der Waals surface area contributed by atoms with Crippen LogP contribution in [-0.2, 0) is 7.05 Å². The van der Waals surface area contributed by atoms with E-state index in [4.69, 9.17) is 0 Å². The molecule has 2 fully saturated rings. The number of Topliss-reactive ketones (excluding diaryl/α,β-unsaturated/α-hetero) is 1. The van der Waals surface area contributed by atoms with Crippen molar-refractivity contribution in [3.8, 4) is 11.1 Å². The highest BCUT2D eigenvalue weighted by Crippen LogP contribution is 2.54. The van der Waals surface area contributed by atoms with E-state index >= 15 is 0 Å². The van der Waals surface area contributed by atoms with E-state index in [9.17, 15) is 9.59 Å². The van der Waals surface area contributed by atoms with Crippen molar-refractivity contribution in [1.29, 1.82) is 0 Å². The number of aromatic nitrogens is 2. The molecule has 2 aromatic heterocycles. The Morgan fingerprint density at radius 1 is 1.07 bits per heavy atom. The number of piperidine rings is 1. The van der Waals surface area contributed by atoms with Gasteiger partial charge in [-0.15, -0.1) is 0 Å². The summed E-state index contributed by atoms with van der Waals surface area (Å²) in [6, 6.07) is 7.95. The van der Waals surface area contributed by atoms with Crippen molar-refractivity contribution in [3.05, 3.63) is 52.6 Å². The smallest absolute Gasteiger partial charge is 0.274 e. The summed E-state index contributed by atoms with van der Waals surface area (Å²) in [4.78, 5) is 30.1. The number of aromatic amines is 1. The molecule has 0 radical (unpaired) electrons. The molecule has 5 nitrogen and oxygen atoms in total. The second kappa shape index (κ2) is 6.09. The molecule has 3 aromatic rings. The third-order valence-corrected chi connectivity index (χ3v) is 6.71. The van der Waals surface area contributed by atoms with Gasteiger partial charge in [0.1, 0.15) is 5.52 Å². The average molecular weight is 375 g/mol. The van der Waals surface area contributed by atoms with Crippen LogP contribution in [0, 0.1) is 5.41 Å². The number of nitrogens with one attached hydrogen (secondary N) is 1. The van der Waals surface area contributed by atoms with Crippen molar-refractivity contribution >= 4 is 22.4 Å². The predicted molar refractivity (Wildman–Crippen MR) is 112 cm³/mol. The number of carbonyl (C=O) groups excluding carboxylic acids is 1. The zero-order chi connectivity index (χ0) is 19.5. The molecule has 0 bridgehead atoms. The minimum absolute atomic E-state index is 0.0401. The van der Waals surface area contributed by atoms with Crippen LogP contribution in [0.5, 0.6) is 0 Å². The lowest BCUT2D eigenvalue weighted by molar-refractivity contribution is 0.101. The Hall–Kier alpha value is -2.82. The van der Waals surface area contributed by atoms with Gasteiger partial charge in [-0.05, 0) is 62.3 Å². The molecule has 2 aliphatic rings. The Balaban J connectivity index is 1.68. The number of benzene rings is 1. The fourth-order valence-corrected chi connectivity index (χ4v) is 4.63. The van der Waals surface area contributed by atoms with Gasteiger partial charge in [-0.2, -0.15) is 0 Å². The van der Waals surface area contributed by atoms with E-state index in [-0.39, 0.29) is 11.3 Å². The number of carbonyl (C=O) groups is 1. The highest BCUT2D eigenvalue weighted by molar-refractivity contribution is 6.01. The molecule has 144 valence electrons. The largest absolute Gasteiger partial charge is 0.371 e. The first-order valence-electron chi connectivity index (χ1n) is 10.0. The lowest BCUT2D eigenvalue weighted by Gasteiger charge is -2.35. The molecule has 0 unspecified atom stereocenters. The van der Waals surface area contributed by atoms with E-state index in [1.807, 2.05) is 30.6 Å². The van der Waals surface area contributed by atoms with Gasteiger partial charge < -0.3 is 14.5 Å². The first-order valence-corrected chi connectivity index (χ1v) is 10.0. The maximum Gasteiger partial charge on any atom is 0.274 e. The lowest BCUT2D eigenvalue weighted by atomic mass is 9.91. The van der Waals surface area contributed by atoms with Gasteiger partial charge in [-0.25, -0.2) is 0 Å². The monoisotopic (exact) mass is 375 g/mol. The number of rotatable bonds is 3. The van der Waals surface area contributed by atoms with Crippen LogP contribution in [0.1, 0.15) is 43.0 Å². The fourth-order valence-electron chi connectivity index (χ4n) is 4.63. The first-order chi connectivity index (χ1) is 13.5. The second-order valence-corrected chi connectivity index (χ2v) is 8.50. The quantitative estimate of drug-likeness (QED) is 0.701. The minimum Gasteiger partial charge on any atom is -0.371 e. The van der Waals surface area contributed by atoms with Gasteiger partial charge >= 0.3 is 0 Å². The van der Waals surface area contributed by atoms with Crippen LogP contribution >= 0.6 is 0 Å². The molecule has 1 spiro atoms. The van der Waals surface area contributed by atoms with Gasteiger partial charge in [0.25, 0.3) is 5.56 Å². The van der Waals surface area contributed by atoms with Crippen LogP contribution in [0.2, 0.25) is 0 Å². The summed E-state index contributed by atoms with van der Waals surface area (Å²) in [6.45, 7) is 3.70. The Morgan fingerprint density at radius 3 is 2.50 bits per heavy atom. The maximum absolute atomic E-state index is 12.5. The highest BCUT2D eigenvalue weighted by atomic mass is 16.1. The number of aryl methyl sites for hydroxylation is 1. The van der Waals surface area contributed by atoms with Gasteiger partial charge in [0, 0.05) is 60.3 Å². The normalized spacial score (nSPS) is 18.0. The van der Waals surface area contributed by atoms with E-state index in [0.717, 1.165) is 35.3 Å². The Labute approximate surface area is 164 Å². The second-order valence-electron chi connectivity index (χ2n) is 8.50. The number of hydrogen-bond donors (Lipinski definition) is 1. The molecule has 1 saturated heterocycles. The zero-order valence-corrected chi connectivity index (χ0v) is 16.4. The molecule has 0 atom stereocenters. The highest BCUT2D eigenvalue weighted by Gasteiger charge is 2.44. The standard InChI is InChI=1S/C23H25N3O2/c1-15(27)16-3-4-20(26-11-8-23(6-7-23)9-12-26)18(13-16)19-14-25(2)22(28)21-17(19)5-10-24-21/h3-5,10,13-14,24H,6-9,11-12H2,1-2H3. The summed E-state index contributed by atoms with van der Waals surface area (Å²) >= 11 is 0. The van der Waals surface area contributed by atoms with Crippen molar-refractivity contribution in [3.63, 3.8) is 0 Å². The van der Waals surface area contributed by atoms with E-state index in [2.05, 4.69) is 16.0 Å². The first kappa shape index (κ1) is 17.3. The number of nitrogens with zero attached hydrogens (tertiary/aromatic N) is 2. The third kappa shape index (κ3) is 2.68. The molecule has 1 saturated carbocycles. The van der Waals surface area contributed by atoms with Crippen LogP contribution < -0.4 is 10.5 Å². The lowest BCUT2D eigenvalue weighted by Crippen LogP contribution is -2.34. The van der Waals surface area contributed by atoms with Crippen LogP contribution in [0.3, 0.4) is 0 Å². The molecule has 3 heterocycles. The SMILES string of the molecule is CC(=O)c1ccc(N2CCC3(CC2)CC3)c(-c2cn(C)c(=O)c3[nH]ccc23)c1. The van der Waals surface area contributed by atoms with Gasteiger partial charge in [-0.3, -0.25) is 9.59 Å². The van der Waals surface area contributed by atoms with Gasteiger partial charge in [0.05, 0.1) is 0 Å². The summed E-state index contributed by atoms with van der Waals surface area (Å²) in [5, 5.41) is 0.903. The minimum atomic E-state index is -0.0401. The molecule has 5 heteroatoms. The maximum atomic E-state index is 12.5. The molecule has 1 N–H and O–H groups in total. The van der Waals surface area contributed by atoms with Gasteiger partial charge in [0.2, 0.25) is 0 Å². The van der Waals surface area contributed by atoms with E-state index in [0.29, 0.717) is 16.5 Å². The molecule has 5 rings (SSSR count). The van der Waals surface area contributed by atoms with Crippen LogP contribution in [-0.4, -0.2) is 28.4 Å². The van der Waals surface area contributed by atoms with Gasteiger partial charge in [-0.1, -0.05) is 0 Å². The Bertz CT molecular complexity index is 1140. The average Bonchev–Trinajstić information content (AvgIpc) is 3.26. The van der Waals surface area contributed by atoms with Crippen molar-refractivity contribution in [2.45, 2.75) is 32.6 Å². The number of anilines is 1. The Morgan fingerprint density at radius 2 is 1.82 bits per heavy atom. The molecule has 0 amide bonds. The molecule has 1 aromatic carbocycles. The summed E-state index contributed by atoms with van der Waals surface area (Å²) in [6.07, 6.45) is 8.94. The summed E-state index contributed by atoms with van der Waals surface area (Å²) < 4.78 is 1.62. The number of pyridine rings is 1. The molecule has 1 aliphatic carbocycles. The molecular weight excluding hydrogens is 350 g/mol. The summed E-state index contributed by atoms with van der Waals surface area (Å²) in [7, 11) is 1.78. The molecule has 28 heavy (non-hydrogen) atoms. The van der Waals surface area contributed by atoms with Crippen LogP contribution in [0.4, 0.5) is 5.69 Å². The third-order valence-electron chi connectivity index (χ3n) is 6.71. The van der Waals surface area contributed by atoms with Crippen LogP contribution in [0.25, 0.3) is 22.0 Å². The van der Waals surface area contributed by atoms with Crippen molar-refractivity contribution in [1.82, 2.24) is 9.55 Å². The van der Waals surface area contributed by atoms with E-state index in [1.165, 1.54) is 25.7 Å². The number of hydrogen-bond acceptors (Lipinski definition) is 3. The van der Waals surface area contributed by atoms with Gasteiger partial charge in [0.15, 0.2) is 5.78 Å². The number of ketones is 1. The predicted octanol–water partition coefficient (Wildman–Crippen LogP) is 4.12. The Kier molecular flexibility index (Phi) is 3.76. The fraction of sp³-hybridized carbons (Fsp3) is 0.391. The van der Waals surface area contributed by atoms with E-state index in [1.54, 1.807) is 18.5 Å². The summed E-state index contributed by atoms with van der Waals surface area (Å²) in [5.74, 6) is 0.0542. The van der Waals surface area contributed by atoms with Crippen molar-refractivity contribution in [2.24, 2.45) is 12.5 Å². The van der Waals surface area contributed by atoms with Crippen molar-refractivity contribution in [2.75, 3.05) is 18.0 Å². The molecule has 1 aliphatic heterocycles. The molecular formula is C23H25N3O2. The number of fused-ring (bicyclic) bond motifs is 1. The number of H-pyrrole nitrogens is 1. The van der Waals surface area contributed by atoms with Crippen LogP contribution in [0.15, 0.2) is 41.5 Å². The summed E-state index contributed by atoms with van der Waals surface area (Å²) in [5.41, 5.74) is 5.05. The van der Waals surface area contributed by atoms with Crippen molar-refractivity contribution < 1.29 is 4.79 Å². The topological polar surface area (TPSA) is 58.1 Å².